The Morgan fingerprint density at radius 1 is 0.952 bits per heavy atom. The molecular weight excluding hydrogens is 258 g/mol. The molecule has 0 fully saturated rings. The van der Waals surface area contributed by atoms with Crippen LogP contribution in [-0.4, -0.2) is 13.2 Å². The van der Waals surface area contributed by atoms with Crippen molar-refractivity contribution in [3.63, 3.8) is 0 Å². The molecule has 0 saturated heterocycles. The van der Waals surface area contributed by atoms with E-state index in [1.54, 1.807) is 0 Å². The third-order valence-electron chi connectivity index (χ3n) is 3.24. The van der Waals surface area contributed by atoms with Gasteiger partial charge in [0.05, 0.1) is 6.61 Å². The highest BCUT2D eigenvalue weighted by Crippen LogP contribution is 2.14. The fourth-order valence-corrected chi connectivity index (χ4v) is 2.12. The molecule has 2 aromatic rings. The second-order valence-electron chi connectivity index (χ2n) is 5.76. The summed E-state index contributed by atoms with van der Waals surface area (Å²) >= 11 is 0. The molecule has 0 heterocycles. The second-order valence-corrected chi connectivity index (χ2v) is 5.76. The third kappa shape index (κ3) is 6.01. The van der Waals surface area contributed by atoms with E-state index in [-0.39, 0.29) is 0 Å². The molecule has 0 aliphatic rings. The first kappa shape index (κ1) is 15.6. The largest absolute Gasteiger partial charge is 0.493 e. The van der Waals surface area contributed by atoms with Crippen LogP contribution in [-0.2, 0) is 13.0 Å². The van der Waals surface area contributed by atoms with Crippen molar-refractivity contribution in [2.45, 2.75) is 26.8 Å². The van der Waals surface area contributed by atoms with Crippen molar-refractivity contribution in [1.29, 1.82) is 0 Å². The first-order valence-electron chi connectivity index (χ1n) is 7.70. The minimum Gasteiger partial charge on any atom is -0.493 e. The average molecular weight is 283 g/mol. The van der Waals surface area contributed by atoms with E-state index in [1.807, 2.05) is 6.07 Å². The van der Waals surface area contributed by atoms with Crippen molar-refractivity contribution in [3.8, 4) is 5.75 Å². The zero-order chi connectivity index (χ0) is 14.9. The lowest BCUT2D eigenvalue weighted by atomic mass is 10.1. The van der Waals surface area contributed by atoms with Gasteiger partial charge in [-0.15, -0.1) is 0 Å². The molecule has 2 rings (SSSR count). The summed E-state index contributed by atoms with van der Waals surface area (Å²) in [7, 11) is 0. The number of ether oxygens (including phenoxy) is 1. The first-order chi connectivity index (χ1) is 10.2. The lowest BCUT2D eigenvalue weighted by Gasteiger charge is -2.10. The number of rotatable bonds is 8. The second kappa shape index (κ2) is 8.48. The maximum atomic E-state index is 5.76. The van der Waals surface area contributed by atoms with Crippen LogP contribution >= 0.6 is 0 Å². The molecule has 1 N–H and O–H groups in total. The van der Waals surface area contributed by atoms with E-state index >= 15 is 0 Å². The SMILES string of the molecule is CC(C)COc1cccc(CNCCc2ccccc2)c1. The quantitative estimate of drug-likeness (QED) is 0.738. The highest BCUT2D eigenvalue weighted by atomic mass is 16.5. The van der Waals surface area contributed by atoms with E-state index < -0.39 is 0 Å². The summed E-state index contributed by atoms with van der Waals surface area (Å²) < 4.78 is 5.76. The van der Waals surface area contributed by atoms with Crippen molar-refractivity contribution >= 4 is 0 Å². The Morgan fingerprint density at radius 3 is 2.48 bits per heavy atom. The third-order valence-corrected chi connectivity index (χ3v) is 3.24. The summed E-state index contributed by atoms with van der Waals surface area (Å²) in [5, 5.41) is 3.49. The zero-order valence-corrected chi connectivity index (χ0v) is 13.0. The lowest BCUT2D eigenvalue weighted by molar-refractivity contribution is 0.271. The molecule has 2 heteroatoms. The van der Waals surface area contributed by atoms with Crippen LogP contribution in [0, 0.1) is 5.92 Å². The predicted octanol–water partition coefficient (Wildman–Crippen LogP) is 4.05. The molecule has 21 heavy (non-hydrogen) atoms. The standard InChI is InChI=1S/C19H25NO/c1-16(2)15-21-19-10-6-9-18(13-19)14-20-12-11-17-7-4-3-5-8-17/h3-10,13,16,20H,11-12,14-15H2,1-2H3. The van der Waals surface area contributed by atoms with Crippen molar-refractivity contribution in [1.82, 2.24) is 5.32 Å². The monoisotopic (exact) mass is 283 g/mol. The molecule has 0 amide bonds. The zero-order valence-electron chi connectivity index (χ0n) is 13.0. The van der Waals surface area contributed by atoms with Gasteiger partial charge in [-0.1, -0.05) is 56.3 Å². The van der Waals surface area contributed by atoms with Gasteiger partial charge < -0.3 is 10.1 Å². The summed E-state index contributed by atoms with van der Waals surface area (Å²) in [6, 6.07) is 18.9. The summed E-state index contributed by atoms with van der Waals surface area (Å²) in [4.78, 5) is 0. The smallest absolute Gasteiger partial charge is 0.119 e. The summed E-state index contributed by atoms with van der Waals surface area (Å²) in [5.41, 5.74) is 2.64. The van der Waals surface area contributed by atoms with Gasteiger partial charge >= 0.3 is 0 Å². The van der Waals surface area contributed by atoms with Gasteiger partial charge in [0.1, 0.15) is 5.75 Å². The van der Waals surface area contributed by atoms with Gasteiger partial charge in [-0.05, 0) is 42.1 Å². The maximum absolute atomic E-state index is 5.76. The summed E-state index contributed by atoms with van der Waals surface area (Å²) in [6.07, 6.45) is 1.06. The minimum absolute atomic E-state index is 0.553. The number of nitrogens with one attached hydrogen (secondary N) is 1. The summed E-state index contributed by atoms with van der Waals surface area (Å²) in [5.74, 6) is 1.52. The number of hydrogen-bond donors (Lipinski definition) is 1. The molecule has 0 aromatic heterocycles. The Balaban J connectivity index is 1.74. The Hall–Kier alpha value is -1.80. The van der Waals surface area contributed by atoms with Gasteiger partial charge in [-0.3, -0.25) is 0 Å². The highest BCUT2D eigenvalue weighted by molar-refractivity contribution is 5.28. The molecule has 112 valence electrons. The fourth-order valence-electron chi connectivity index (χ4n) is 2.12. The minimum atomic E-state index is 0.553. The van der Waals surface area contributed by atoms with Gasteiger partial charge in [-0.2, -0.15) is 0 Å². The van der Waals surface area contributed by atoms with E-state index in [9.17, 15) is 0 Å². The molecule has 0 bridgehead atoms. The molecule has 0 spiro atoms. The highest BCUT2D eigenvalue weighted by Gasteiger charge is 1.99. The fraction of sp³-hybridized carbons (Fsp3) is 0.368. The van der Waals surface area contributed by atoms with E-state index in [2.05, 4.69) is 67.7 Å². The Labute approximate surface area is 128 Å². The van der Waals surface area contributed by atoms with Crippen LogP contribution < -0.4 is 10.1 Å². The topological polar surface area (TPSA) is 21.3 Å². The van der Waals surface area contributed by atoms with Gasteiger partial charge in [0.25, 0.3) is 0 Å². The van der Waals surface area contributed by atoms with Crippen molar-refractivity contribution in [3.05, 3.63) is 65.7 Å². The Kier molecular flexibility index (Phi) is 6.29. The number of benzene rings is 2. The van der Waals surface area contributed by atoms with E-state index in [0.717, 1.165) is 31.9 Å². The van der Waals surface area contributed by atoms with Crippen molar-refractivity contribution in [2.24, 2.45) is 5.92 Å². The lowest BCUT2D eigenvalue weighted by Crippen LogP contribution is -2.16. The Bertz CT molecular complexity index is 522. The molecule has 0 unspecified atom stereocenters. The van der Waals surface area contributed by atoms with E-state index in [1.165, 1.54) is 11.1 Å². The van der Waals surface area contributed by atoms with Crippen LogP contribution in [0.1, 0.15) is 25.0 Å². The van der Waals surface area contributed by atoms with Gasteiger partial charge in [0, 0.05) is 6.54 Å². The van der Waals surface area contributed by atoms with Crippen LogP contribution in [0.5, 0.6) is 5.75 Å². The maximum Gasteiger partial charge on any atom is 0.119 e. The molecule has 0 aliphatic carbocycles. The van der Waals surface area contributed by atoms with Crippen molar-refractivity contribution in [2.75, 3.05) is 13.2 Å². The molecule has 0 radical (unpaired) electrons. The van der Waals surface area contributed by atoms with Crippen LogP contribution in [0.2, 0.25) is 0 Å². The summed E-state index contributed by atoms with van der Waals surface area (Å²) in [6.45, 7) is 6.96. The van der Waals surface area contributed by atoms with Gasteiger partial charge in [-0.25, -0.2) is 0 Å². The predicted molar refractivity (Wildman–Crippen MR) is 88.6 cm³/mol. The molecule has 2 aromatic carbocycles. The van der Waals surface area contributed by atoms with E-state index in [4.69, 9.17) is 4.74 Å². The molecular formula is C19H25NO. The first-order valence-corrected chi connectivity index (χ1v) is 7.70. The average Bonchev–Trinajstić information content (AvgIpc) is 2.51. The Morgan fingerprint density at radius 2 is 1.71 bits per heavy atom. The van der Waals surface area contributed by atoms with E-state index in [0.29, 0.717) is 5.92 Å². The van der Waals surface area contributed by atoms with Crippen LogP contribution in [0.4, 0.5) is 0 Å². The van der Waals surface area contributed by atoms with Gasteiger partial charge in [0.15, 0.2) is 0 Å². The molecule has 2 nitrogen and oxygen atoms in total. The van der Waals surface area contributed by atoms with Crippen LogP contribution in [0.3, 0.4) is 0 Å². The molecule has 0 saturated carbocycles. The van der Waals surface area contributed by atoms with Gasteiger partial charge in [0.2, 0.25) is 0 Å². The normalized spacial score (nSPS) is 10.8. The molecule has 0 atom stereocenters. The van der Waals surface area contributed by atoms with Crippen molar-refractivity contribution < 1.29 is 4.74 Å². The number of hydrogen-bond acceptors (Lipinski definition) is 2. The molecule has 0 aliphatic heterocycles. The van der Waals surface area contributed by atoms with Crippen LogP contribution in [0.15, 0.2) is 54.6 Å². The van der Waals surface area contributed by atoms with Crippen LogP contribution in [0.25, 0.3) is 0 Å².